The Morgan fingerprint density at radius 1 is 1.09 bits per heavy atom. The van der Waals surface area contributed by atoms with Crippen LogP contribution in [0.2, 0.25) is 0 Å². The van der Waals surface area contributed by atoms with E-state index in [0.29, 0.717) is 27.6 Å². The van der Waals surface area contributed by atoms with Gasteiger partial charge < -0.3 is 5.32 Å². The van der Waals surface area contributed by atoms with Gasteiger partial charge in [-0.25, -0.2) is 22.5 Å². The van der Waals surface area contributed by atoms with Crippen molar-refractivity contribution in [3.05, 3.63) is 81.1 Å². The number of aromatic nitrogens is 1. The van der Waals surface area contributed by atoms with Gasteiger partial charge in [-0.3, -0.25) is 4.79 Å². The highest BCUT2D eigenvalue weighted by atomic mass is 32.2. The Hall–Kier alpha value is -2.62. The highest BCUT2D eigenvalue weighted by Crippen LogP contribution is 2.21. The van der Waals surface area contributed by atoms with Crippen LogP contribution in [0.15, 0.2) is 53.4 Å². The van der Waals surface area contributed by atoms with Gasteiger partial charge >= 0.3 is 0 Å². The maximum Gasteiger partial charge on any atom is 0.263 e. The van der Waals surface area contributed by atoms with Crippen LogP contribution in [-0.2, 0) is 29.5 Å². The van der Waals surface area contributed by atoms with Crippen molar-refractivity contribution in [1.82, 2.24) is 15.0 Å². The summed E-state index contributed by atoms with van der Waals surface area (Å²) in [5.41, 5.74) is 1.87. The molecule has 0 aliphatic heterocycles. The third kappa shape index (κ3) is 6.44. The number of hydrogen-bond acceptors (Lipinski definition) is 5. The van der Waals surface area contributed by atoms with Crippen LogP contribution in [0.4, 0.5) is 4.39 Å². The molecule has 170 valence electrons. The predicted octanol–water partition coefficient (Wildman–Crippen LogP) is 4.20. The van der Waals surface area contributed by atoms with E-state index >= 15 is 0 Å². The third-order valence-electron chi connectivity index (χ3n) is 4.65. The number of nitrogens with one attached hydrogen (secondary N) is 2. The summed E-state index contributed by atoms with van der Waals surface area (Å²) in [7, 11) is -3.79. The number of rotatable bonds is 9. The number of amides is 1. The van der Waals surface area contributed by atoms with Crippen molar-refractivity contribution in [2.75, 3.05) is 0 Å². The van der Waals surface area contributed by atoms with Gasteiger partial charge in [0.15, 0.2) is 0 Å². The summed E-state index contributed by atoms with van der Waals surface area (Å²) < 4.78 is 41.1. The molecule has 0 saturated heterocycles. The number of halogens is 1. The smallest absolute Gasteiger partial charge is 0.263 e. The Bertz CT molecular complexity index is 1210. The number of aryl methyl sites for hydroxylation is 1. The van der Waals surface area contributed by atoms with Crippen LogP contribution in [0.1, 0.15) is 45.3 Å². The van der Waals surface area contributed by atoms with Gasteiger partial charge in [-0.15, -0.1) is 11.3 Å². The maximum absolute atomic E-state index is 13.3. The largest absolute Gasteiger partial charge is 0.347 e. The summed E-state index contributed by atoms with van der Waals surface area (Å²) in [6, 6.07) is 12.1. The van der Waals surface area contributed by atoms with Crippen LogP contribution in [0.25, 0.3) is 0 Å². The van der Waals surface area contributed by atoms with E-state index in [1.54, 1.807) is 18.2 Å². The molecule has 6 nitrogen and oxygen atoms in total. The van der Waals surface area contributed by atoms with E-state index < -0.39 is 15.8 Å². The fourth-order valence-corrected chi connectivity index (χ4v) is 5.37. The average Bonchev–Trinajstić information content (AvgIpc) is 3.10. The lowest BCUT2D eigenvalue weighted by Gasteiger charge is -2.09. The molecule has 0 aliphatic rings. The predicted molar refractivity (Wildman–Crippen MR) is 123 cm³/mol. The number of benzene rings is 2. The molecular formula is C23H26FN3O3S2. The van der Waals surface area contributed by atoms with Gasteiger partial charge in [0, 0.05) is 19.5 Å². The van der Waals surface area contributed by atoms with E-state index in [-0.39, 0.29) is 23.9 Å². The van der Waals surface area contributed by atoms with E-state index in [2.05, 4.69) is 28.9 Å². The normalized spacial score (nSPS) is 11.7. The van der Waals surface area contributed by atoms with Crippen LogP contribution in [0.3, 0.4) is 0 Å². The molecule has 3 aromatic rings. The zero-order valence-corrected chi connectivity index (χ0v) is 19.8. The first-order chi connectivity index (χ1) is 15.1. The zero-order valence-electron chi connectivity index (χ0n) is 18.2. The lowest BCUT2D eigenvalue weighted by molar-refractivity contribution is 0.0954. The Morgan fingerprint density at radius 2 is 1.78 bits per heavy atom. The first-order valence-electron chi connectivity index (χ1n) is 10.2. The number of hydrogen-bond donors (Lipinski definition) is 2. The highest BCUT2D eigenvalue weighted by molar-refractivity contribution is 7.89. The lowest BCUT2D eigenvalue weighted by Crippen LogP contribution is -2.24. The second-order valence-corrected chi connectivity index (χ2v) is 10.8. The van der Waals surface area contributed by atoms with E-state index in [1.165, 1.54) is 41.7 Å². The minimum Gasteiger partial charge on any atom is -0.347 e. The number of sulfonamides is 1. The molecule has 1 aromatic heterocycles. The highest BCUT2D eigenvalue weighted by Gasteiger charge is 2.17. The van der Waals surface area contributed by atoms with Gasteiger partial charge in [0.05, 0.1) is 15.6 Å². The topological polar surface area (TPSA) is 88.2 Å². The second-order valence-electron chi connectivity index (χ2n) is 7.90. The van der Waals surface area contributed by atoms with E-state index in [9.17, 15) is 17.6 Å². The van der Waals surface area contributed by atoms with Gasteiger partial charge in [0.25, 0.3) is 5.91 Å². The van der Waals surface area contributed by atoms with Crippen LogP contribution in [0.5, 0.6) is 0 Å². The van der Waals surface area contributed by atoms with Crippen molar-refractivity contribution in [3.63, 3.8) is 0 Å². The monoisotopic (exact) mass is 475 g/mol. The Labute approximate surface area is 192 Å². The minimum atomic E-state index is -3.79. The molecule has 1 amide bonds. The fourth-order valence-electron chi connectivity index (χ4n) is 3.09. The number of carbonyl (C=O) groups is 1. The van der Waals surface area contributed by atoms with Crippen molar-refractivity contribution >= 4 is 27.3 Å². The summed E-state index contributed by atoms with van der Waals surface area (Å²) in [5.74, 6) is -0.199. The van der Waals surface area contributed by atoms with Crippen molar-refractivity contribution < 1.29 is 17.6 Å². The number of carbonyl (C=O) groups excluding carboxylic acids is 1. The molecule has 2 aromatic carbocycles. The molecule has 32 heavy (non-hydrogen) atoms. The zero-order chi connectivity index (χ0) is 23.3. The summed E-state index contributed by atoms with van der Waals surface area (Å²) >= 11 is 1.39. The van der Waals surface area contributed by atoms with Crippen LogP contribution < -0.4 is 10.0 Å². The maximum atomic E-state index is 13.3. The van der Waals surface area contributed by atoms with E-state index in [4.69, 9.17) is 0 Å². The number of thiazole rings is 1. The molecule has 0 aliphatic carbocycles. The molecule has 0 bridgehead atoms. The molecular weight excluding hydrogens is 449 g/mol. The first-order valence-corrected chi connectivity index (χ1v) is 12.5. The van der Waals surface area contributed by atoms with Gasteiger partial charge in [-0.2, -0.15) is 0 Å². The molecule has 0 unspecified atom stereocenters. The molecule has 9 heteroatoms. The molecule has 0 fully saturated rings. The van der Waals surface area contributed by atoms with Gasteiger partial charge in [0.1, 0.15) is 10.7 Å². The quantitative estimate of drug-likeness (QED) is 0.486. The average molecular weight is 476 g/mol. The summed E-state index contributed by atoms with van der Waals surface area (Å²) in [5, 5.41) is 3.77. The Balaban J connectivity index is 1.64. The van der Waals surface area contributed by atoms with Crippen molar-refractivity contribution in [2.24, 2.45) is 5.92 Å². The molecule has 0 radical (unpaired) electrons. The summed E-state index contributed by atoms with van der Waals surface area (Å²) in [6.07, 6.45) is 0.821. The lowest BCUT2D eigenvalue weighted by atomic mass is 10.1. The SMILES string of the molecule is Cc1nc(CC(C)C)sc1C(=O)NCc1cccc(S(=O)(=O)NCc2cccc(F)c2)c1. The molecule has 0 spiro atoms. The Morgan fingerprint density at radius 3 is 2.47 bits per heavy atom. The van der Waals surface area contributed by atoms with Gasteiger partial charge in [0.2, 0.25) is 10.0 Å². The molecule has 2 N–H and O–H groups in total. The number of nitrogens with zero attached hydrogens (tertiary/aromatic N) is 1. The van der Waals surface area contributed by atoms with E-state index in [0.717, 1.165) is 11.4 Å². The van der Waals surface area contributed by atoms with Crippen LogP contribution in [-0.4, -0.2) is 19.3 Å². The van der Waals surface area contributed by atoms with Gasteiger partial charge in [-0.05, 0) is 48.2 Å². The molecule has 0 atom stereocenters. The summed E-state index contributed by atoms with van der Waals surface area (Å²) in [6.45, 7) is 6.18. The summed E-state index contributed by atoms with van der Waals surface area (Å²) in [4.78, 5) is 17.7. The molecule has 1 heterocycles. The minimum absolute atomic E-state index is 0.0234. The van der Waals surface area contributed by atoms with E-state index in [1.807, 2.05) is 6.92 Å². The van der Waals surface area contributed by atoms with Gasteiger partial charge in [-0.1, -0.05) is 38.1 Å². The standard InChI is InChI=1S/C23H26FN3O3S2/c1-15(2)10-21-27-16(3)22(31-21)23(28)25-13-18-7-5-9-20(12-18)32(29,30)26-14-17-6-4-8-19(24)11-17/h4-9,11-12,15,26H,10,13-14H2,1-3H3,(H,25,28). The van der Waals surface area contributed by atoms with Crippen LogP contribution in [0, 0.1) is 18.7 Å². The fraction of sp³-hybridized carbons (Fsp3) is 0.304. The van der Waals surface area contributed by atoms with Crippen molar-refractivity contribution in [2.45, 2.75) is 45.2 Å². The third-order valence-corrected chi connectivity index (χ3v) is 7.22. The first kappa shape index (κ1) is 24.0. The Kier molecular flexibility index (Phi) is 7.76. The molecule has 0 saturated carbocycles. The second kappa shape index (κ2) is 10.3. The van der Waals surface area contributed by atoms with Crippen molar-refractivity contribution in [1.29, 1.82) is 0 Å². The molecule has 3 rings (SSSR count). The van der Waals surface area contributed by atoms with Crippen molar-refractivity contribution in [3.8, 4) is 0 Å². The van der Waals surface area contributed by atoms with Crippen LogP contribution >= 0.6 is 11.3 Å².